The maximum Gasteiger partial charge on any atom is 0.220 e. The maximum absolute atomic E-state index is 12.7. The number of hydrogen-bond donors (Lipinski definition) is 1. The van der Waals surface area contributed by atoms with E-state index in [0.29, 0.717) is 17.7 Å². The molecule has 2 rings (SSSR count). The second kappa shape index (κ2) is 4.58. The summed E-state index contributed by atoms with van der Waals surface area (Å²) >= 11 is 0. The predicted molar refractivity (Wildman–Crippen MR) is 60.4 cm³/mol. The Kier molecular flexibility index (Phi) is 2.97. The van der Waals surface area contributed by atoms with Gasteiger partial charge in [0.25, 0.3) is 0 Å². The van der Waals surface area contributed by atoms with Gasteiger partial charge in [-0.3, -0.25) is 0 Å². The molecule has 0 aliphatic rings. The van der Waals surface area contributed by atoms with Gasteiger partial charge < -0.3 is 5.73 Å². The topological polar surface area (TPSA) is 75.6 Å². The molecule has 0 bridgehead atoms. The van der Waals surface area contributed by atoms with Gasteiger partial charge in [-0.2, -0.15) is 5.26 Å². The molecule has 0 aliphatic carbocycles. The van der Waals surface area contributed by atoms with Crippen LogP contribution < -0.4 is 5.73 Å². The largest absolute Gasteiger partial charge is 0.368 e. The summed E-state index contributed by atoms with van der Waals surface area (Å²) in [4.78, 5) is 7.76. The minimum absolute atomic E-state index is 0.126. The Labute approximate surface area is 97.6 Å². The number of anilines is 1. The predicted octanol–water partition coefficient (Wildman–Crippen LogP) is 1.66. The Morgan fingerprint density at radius 2 is 2.00 bits per heavy atom. The first-order chi connectivity index (χ1) is 8.19. The molecular formula is C12H9FN4. The zero-order chi connectivity index (χ0) is 12.3. The highest BCUT2D eigenvalue weighted by Gasteiger charge is 2.06. The molecule has 0 saturated heterocycles. The Balaban J connectivity index is 2.32. The normalized spacial score (nSPS) is 9.88. The van der Waals surface area contributed by atoms with Crippen molar-refractivity contribution in [1.29, 1.82) is 5.26 Å². The van der Waals surface area contributed by atoms with Crippen molar-refractivity contribution in [3.8, 4) is 6.07 Å². The van der Waals surface area contributed by atoms with E-state index in [9.17, 15) is 4.39 Å². The summed E-state index contributed by atoms with van der Waals surface area (Å²) in [5.74, 6) is -0.169. The monoisotopic (exact) mass is 228 g/mol. The SMILES string of the molecule is N#Cc1cnc(N)nc1Cc1ccc(F)cc1. The Bertz CT molecular complexity index is 572. The molecule has 0 fully saturated rings. The van der Waals surface area contributed by atoms with Crippen LogP contribution in [0.3, 0.4) is 0 Å². The summed E-state index contributed by atoms with van der Waals surface area (Å²) in [6.07, 6.45) is 1.82. The fourth-order valence-corrected chi connectivity index (χ4v) is 1.46. The third-order valence-corrected chi connectivity index (χ3v) is 2.29. The number of nitriles is 1. The van der Waals surface area contributed by atoms with Crippen molar-refractivity contribution in [2.24, 2.45) is 0 Å². The van der Waals surface area contributed by atoms with Gasteiger partial charge in [-0.25, -0.2) is 14.4 Å². The van der Waals surface area contributed by atoms with Gasteiger partial charge in [-0.15, -0.1) is 0 Å². The third kappa shape index (κ3) is 2.55. The molecule has 84 valence electrons. The van der Waals surface area contributed by atoms with Gasteiger partial charge in [0, 0.05) is 6.42 Å². The molecular weight excluding hydrogens is 219 g/mol. The first kappa shape index (κ1) is 11.0. The molecule has 0 atom stereocenters. The van der Waals surface area contributed by atoms with Gasteiger partial charge in [-0.05, 0) is 17.7 Å². The number of aromatic nitrogens is 2. The van der Waals surface area contributed by atoms with Crippen LogP contribution in [0.5, 0.6) is 0 Å². The van der Waals surface area contributed by atoms with Crippen molar-refractivity contribution >= 4 is 5.95 Å². The van der Waals surface area contributed by atoms with Crippen LogP contribution in [0.4, 0.5) is 10.3 Å². The average Bonchev–Trinajstić information content (AvgIpc) is 2.32. The van der Waals surface area contributed by atoms with Crippen molar-refractivity contribution < 1.29 is 4.39 Å². The average molecular weight is 228 g/mol. The summed E-state index contributed by atoms with van der Waals surface area (Å²) in [5, 5.41) is 8.90. The lowest BCUT2D eigenvalue weighted by molar-refractivity contribution is 0.627. The Morgan fingerprint density at radius 3 is 2.65 bits per heavy atom. The molecule has 0 unspecified atom stereocenters. The molecule has 4 nitrogen and oxygen atoms in total. The van der Waals surface area contributed by atoms with Crippen LogP contribution >= 0.6 is 0 Å². The number of nitrogens with zero attached hydrogens (tertiary/aromatic N) is 3. The number of benzene rings is 1. The van der Waals surface area contributed by atoms with E-state index >= 15 is 0 Å². The van der Waals surface area contributed by atoms with Crippen LogP contribution in [0, 0.1) is 17.1 Å². The van der Waals surface area contributed by atoms with E-state index in [1.807, 2.05) is 6.07 Å². The molecule has 0 radical (unpaired) electrons. The maximum atomic E-state index is 12.7. The lowest BCUT2D eigenvalue weighted by Gasteiger charge is -2.03. The molecule has 17 heavy (non-hydrogen) atoms. The summed E-state index contributed by atoms with van der Waals surface area (Å²) in [7, 11) is 0. The number of halogens is 1. The van der Waals surface area contributed by atoms with Gasteiger partial charge in [0.1, 0.15) is 11.9 Å². The van der Waals surface area contributed by atoms with E-state index in [1.54, 1.807) is 12.1 Å². The molecule has 2 N–H and O–H groups in total. The van der Waals surface area contributed by atoms with Crippen molar-refractivity contribution in [3.05, 3.63) is 53.1 Å². The quantitative estimate of drug-likeness (QED) is 0.848. The highest BCUT2D eigenvalue weighted by molar-refractivity contribution is 5.37. The van der Waals surface area contributed by atoms with Gasteiger partial charge >= 0.3 is 0 Å². The van der Waals surface area contributed by atoms with Crippen LogP contribution in [0.15, 0.2) is 30.5 Å². The first-order valence-corrected chi connectivity index (χ1v) is 4.95. The van der Waals surface area contributed by atoms with E-state index < -0.39 is 0 Å². The summed E-state index contributed by atoms with van der Waals surface area (Å²) < 4.78 is 12.7. The van der Waals surface area contributed by atoms with Crippen molar-refractivity contribution in [2.75, 3.05) is 5.73 Å². The number of hydrogen-bond acceptors (Lipinski definition) is 4. The summed E-state index contributed by atoms with van der Waals surface area (Å²) in [6.45, 7) is 0. The van der Waals surface area contributed by atoms with E-state index in [2.05, 4.69) is 9.97 Å². The molecule has 5 heteroatoms. The van der Waals surface area contributed by atoms with Crippen LogP contribution in [-0.2, 0) is 6.42 Å². The van der Waals surface area contributed by atoms with Crippen LogP contribution in [0.25, 0.3) is 0 Å². The van der Waals surface area contributed by atoms with E-state index in [0.717, 1.165) is 5.56 Å². The highest BCUT2D eigenvalue weighted by Crippen LogP contribution is 2.12. The Hall–Kier alpha value is -2.48. The third-order valence-electron chi connectivity index (χ3n) is 2.29. The second-order valence-electron chi connectivity index (χ2n) is 3.50. The van der Waals surface area contributed by atoms with Gasteiger partial charge in [0.2, 0.25) is 5.95 Å². The van der Waals surface area contributed by atoms with E-state index in [-0.39, 0.29) is 11.8 Å². The summed E-state index contributed by atoms with van der Waals surface area (Å²) in [5.41, 5.74) is 7.26. The van der Waals surface area contributed by atoms with Gasteiger partial charge in [0.15, 0.2) is 0 Å². The van der Waals surface area contributed by atoms with Crippen LogP contribution in [0.2, 0.25) is 0 Å². The summed E-state index contributed by atoms with van der Waals surface area (Å²) in [6, 6.07) is 8.03. The van der Waals surface area contributed by atoms with Crippen LogP contribution in [-0.4, -0.2) is 9.97 Å². The smallest absolute Gasteiger partial charge is 0.220 e. The minimum atomic E-state index is -0.295. The number of nitrogen functional groups attached to an aromatic ring is 1. The molecule has 0 aliphatic heterocycles. The molecule has 0 saturated carbocycles. The Morgan fingerprint density at radius 1 is 1.29 bits per heavy atom. The first-order valence-electron chi connectivity index (χ1n) is 4.95. The highest BCUT2D eigenvalue weighted by atomic mass is 19.1. The molecule has 1 aromatic carbocycles. The zero-order valence-corrected chi connectivity index (χ0v) is 8.89. The van der Waals surface area contributed by atoms with Crippen LogP contribution in [0.1, 0.15) is 16.8 Å². The second-order valence-corrected chi connectivity index (χ2v) is 3.50. The fourth-order valence-electron chi connectivity index (χ4n) is 1.46. The number of nitrogens with two attached hydrogens (primary N) is 1. The van der Waals surface area contributed by atoms with Gasteiger partial charge in [-0.1, -0.05) is 12.1 Å². The van der Waals surface area contributed by atoms with Crippen molar-refractivity contribution in [1.82, 2.24) is 9.97 Å². The van der Waals surface area contributed by atoms with Crippen molar-refractivity contribution in [3.63, 3.8) is 0 Å². The fraction of sp³-hybridized carbons (Fsp3) is 0.0833. The molecule has 0 spiro atoms. The van der Waals surface area contributed by atoms with E-state index in [1.165, 1.54) is 18.3 Å². The molecule has 1 heterocycles. The van der Waals surface area contributed by atoms with Crippen molar-refractivity contribution in [2.45, 2.75) is 6.42 Å². The molecule has 2 aromatic rings. The minimum Gasteiger partial charge on any atom is -0.368 e. The van der Waals surface area contributed by atoms with E-state index in [4.69, 9.17) is 11.0 Å². The standard InChI is InChI=1S/C12H9FN4/c13-10-3-1-8(2-4-10)5-11-9(6-14)7-16-12(15)17-11/h1-4,7H,5H2,(H2,15,16,17). The van der Waals surface area contributed by atoms with Gasteiger partial charge in [0.05, 0.1) is 17.5 Å². The zero-order valence-electron chi connectivity index (χ0n) is 8.89. The lowest BCUT2D eigenvalue weighted by atomic mass is 10.1. The lowest BCUT2D eigenvalue weighted by Crippen LogP contribution is -2.02. The molecule has 0 amide bonds. The number of rotatable bonds is 2. The molecule has 1 aromatic heterocycles.